The second kappa shape index (κ2) is 10.0. The van der Waals surface area contributed by atoms with Gasteiger partial charge in [-0.25, -0.2) is 14.0 Å². The summed E-state index contributed by atoms with van der Waals surface area (Å²) in [5.41, 5.74) is -0.419. The molecule has 0 radical (unpaired) electrons. The molecule has 12 heteroatoms. The van der Waals surface area contributed by atoms with E-state index in [2.05, 4.69) is 5.10 Å². The van der Waals surface area contributed by atoms with Crippen molar-refractivity contribution in [3.8, 4) is 11.3 Å². The smallest absolute Gasteiger partial charge is 0.410 e. The molecule has 2 aliphatic carbocycles. The van der Waals surface area contributed by atoms with Crippen molar-refractivity contribution in [2.24, 2.45) is 5.92 Å². The molecule has 2 fully saturated rings. The molecule has 3 aliphatic rings. The summed E-state index contributed by atoms with van der Waals surface area (Å²) in [6, 6.07) is 7.95. The number of fused-ring (bicyclic) bond motifs is 1. The van der Waals surface area contributed by atoms with Crippen LogP contribution in [0.3, 0.4) is 0 Å². The highest BCUT2D eigenvalue weighted by Gasteiger charge is 2.64. The van der Waals surface area contributed by atoms with E-state index in [1.54, 1.807) is 0 Å². The topological polar surface area (TPSA) is 84.7 Å². The SMILES string of the molecule is O=C(O)c1ccc(-c2nn(Cc3c(Cl)cccc3C3(C(F)(F)F)CC3)c3c2CCN(C(=O)OCC2CC2)C3)c(F)c1. The minimum absolute atomic E-state index is 0.0476. The van der Waals surface area contributed by atoms with Gasteiger partial charge < -0.3 is 14.7 Å². The molecule has 0 saturated heterocycles. The summed E-state index contributed by atoms with van der Waals surface area (Å²) < 4.78 is 64.5. The fraction of sp³-hybridized carbons (Fsp3) is 0.414. The largest absolute Gasteiger partial charge is 0.478 e. The number of nitrogens with zero attached hydrogens (tertiary/aromatic N) is 3. The number of carboxylic acids is 1. The van der Waals surface area contributed by atoms with Crippen molar-refractivity contribution in [3.63, 3.8) is 0 Å². The molecule has 0 unspecified atom stereocenters. The van der Waals surface area contributed by atoms with Crippen molar-refractivity contribution in [3.05, 3.63) is 75.2 Å². The Hall–Kier alpha value is -3.60. The monoisotopic (exact) mass is 591 g/mol. The van der Waals surface area contributed by atoms with E-state index < -0.39 is 29.5 Å². The Morgan fingerprint density at radius 1 is 1.17 bits per heavy atom. The Kier molecular flexibility index (Phi) is 6.75. The Labute approximate surface area is 237 Å². The molecule has 216 valence electrons. The highest BCUT2D eigenvalue weighted by Crippen LogP contribution is 2.60. The summed E-state index contributed by atoms with van der Waals surface area (Å²) in [6.07, 6.45) is -2.73. The maximum absolute atomic E-state index is 15.2. The maximum atomic E-state index is 15.2. The number of carbonyl (C=O) groups is 2. The molecule has 0 atom stereocenters. The van der Waals surface area contributed by atoms with Gasteiger partial charge in [0.2, 0.25) is 0 Å². The second-order valence-corrected chi connectivity index (χ2v) is 11.4. The molecular formula is C29H26ClF4N3O4. The predicted molar refractivity (Wildman–Crippen MR) is 140 cm³/mol. The van der Waals surface area contributed by atoms with Crippen LogP contribution in [0.1, 0.15) is 58.4 Å². The van der Waals surface area contributed by atoms with E-state index in [-0.39, 0.29) is 65.4 Å². The number of ether oxygens (including phenoxy) is 1. The molecule has 2 heterocycles. The number of carbonyl (C=O) groups excluding carboxylic acids is 1. The number of amides is 1. The van der Waals surface area contributed by atoms with Crippen molar-refractivity contribution in [1.29, 1.82) is 0 Å². The first-order valence-electron chi connectivity index (χ1n) is 13.4. The molecule has 1 N–H and O–H groups in total. The standard InChI is InChI=1S/C29H26ClF4N3O4/c30-22-3-1-2-21(28(9-10-28)29(32,33)34)20(22)13-37-24-14-36(27(40)41-15-16-4-5-16)11-8-19(24)25(35-37)18-7-6-17(26(38)39)12-23(18)31/h1-3,6-7,12,16H,4-5,8-11,13-15H2,(H,38,39). The number of aromatic carboxylic acids is 1. The van der Waals surface area contributed by atoms with E-state index in [1.807, 2.05) is 0 Å². The molecule has 1 aromatic heterocycles. The number of hydrogen-bond acceptors (Lipinski definition) is 4. The highest BCUT2D eigenvalue weighted by atomic mass is 35.5. The van der Waals surface area contributed by atoms with Crippen LogP contribution in [0.15, 0.2) is 36.4 Å². The quantitative estimate of drug-likeness (QED) is 0.314. The molecule has 1 aliphatic heterocycles. The van der Waals surface area contributed by atoms with Gasteiger partial charge in [-0.2, -0.15) is 18.3 Å². The lowest BCUT2D eigenvalue weighted by Gasteiger charge is -2.28. The normalized spacial score (nSPS) is 17.7. The average molecular weight is 592 g/mol. The van der Waals surface area contributed by atoms with Crippen LogP contribution < -0.4 is 0 Å². The minimum atomic E-state index is -4.46. The molecule has 0 bridgehead atoms. The van der Waals surface area contributed by atoms with Gasteiger partial charge in [0.15, 0.2) is 0 Å². The Morgan fingerprint density at radius 3 is 2.56 bits per heavy atom. The fourth-order valence-corrected chi connectivity index (χ4v) is 5.77. The van der Waals surface area contributed by atoms with Crippen LogP contribution in [0.25, 0.3) is 11.3 Å². The van der Waals surface area contributed by atoms with E-state index in [9.17, 15) is 27.9 Å². The number of carboxylic acid groups (broad SMARTS) is 1. The molecule has 3 aromatic rings. The van der Waals surface area contributed by atoms with Crippen molar-refractivity contribution in [2.75, 3.05) is 13.2 Å². The molecular weight excluding hydrogens is 566 g/mol. The Morgan fingerprint density at radius 2 is 1.93 bits per heavy atom. The van der Waals surface area contributed by atoms with Crippen LogP contribution in [0.5, 0.6) is 0 Å². The van der Waals surface area contributed by atoms with Gasteiger partial charge in [-0.3, -0.25) is 4.68 Å². The fourth-order valence-electron chi connectivity index (χ4n) is 5.54. The highest BCUT2D eigenvalue weighted by molar-refractivity contribution is 6.31. The molecule has 7 nitrogen and oxygen atoms in total. The summed E-state index contributed by atoms with van der Waals surface area (Å²) in [5.74, 6) is -1.71. The van der Waals surface area contributed by atoms with E-state index >= 15 is 4.39 Å². The van der Waals surface area contributed by atoms with Gasteiger partial charge in [0.1, 0.15) is 5.82 Å². The summed E-state index contributed by atoms with van der Waals surface area (Å²) in [5, 5.41) is 14.0. The molecule has 1 amide bonds. The lowest BCUT2D eigenvalue weighted by atomic mass is 9.90. The lowest BCUT2D eigenvalue weighted by molar-refractivity contribution is -0.160. The number of alkyl halides is 3. The Bertz CT molecular complexity index is 1550. The number of halogens is 5. The van der Waals surface area contributed by atoms with Crippen LogP contribution in [0.4, 0.5) is 22.4 Å². The molecule has 41 heavy (non-hydrogen) atoms. The third kappa shape index (κ3) is 5.05. The van der Waals surface area contributed by atoms with Crippen molar-refractivity contribution in [1.82, 2.24) is 14.7 Å². The molecule has 2 saturated carbocycles. The first-order chi connectivity index (χ1) is 19.5. The van der Waals surface area contributed by atoms with E-state index in [4.69, 9.17) is 16.3 Å². The molecule has 0 spiro atoms. The van der Waals surface area contributed by atoms with E-state index in [1.165, 1.54) is 39.9 Å². The summed E-state index contributed by atoms with van der Waals surface area (Å²) in [7, 11) is 0. The van der Waals surface area contributed by atoms with Gasteiger partial charge in [-0.15, -0.1) is 0 Å². The number of hydrogen-bond donors (Lipinski definition) is 1. The van der Waals surface area contributed by atoms with Gasteiger partial charge in [-0.1, -0.05) is 23.7 Å². The first-order valence-corrected chi connectivity index (χ1v) is 13.7. The summed E-state index contributed by atoms with van der Waals surface area (Å²) in [6.45, 7) is 0.536. The second-order valence-electron chi connectivity index (χ2n) is 11.0. The Balaban J connectivity index is 1.41. The minimum Gasteiger partial charge on any atom is -0.478 e. The number of aromatic nitrogens is 2. The van der Waals surface area contributed by atoms with Crippen LogP contribution >= 0.6 is 11.6 Å². The van der Waals surface area contributed by atoms with Crippen LogP contribution in [0, 0.1) is 11.7 Å². The number of rotatable bonds is 7. The predicted octanol–water partition coefficient (Wildman–Crippen LogP) is 6.59. The lowest BCUT2D eigenvalue weighted by Crippen LogP contribution is -2.37. The zero-order valence-electron chi connectivity index (χ0n) is 21.8. The summed E-state index contributed by atoms with van der Waals surface area (Å²) in [4.78, 5) is 25.6. The first kappa shape index (κ1) is 27.6. The van der Waals surface area contributed by atoms with Crippen molar-refractivity contribution >= 4 is 23.7 Å². The van der Waals surface area contributed by atoms with Crippen LogP contribution in [-0.2, 0) is 29.7 Å². The molecule has 2 aromatic carbocycles. The van der Waals surface area contributed by atoms with Gasteiger partial charge in [0.05, 0.1) is 42.1 Å². The van der Waals surface area contributed by atoms with E-state index in [0.717, 1.165) is 18.9 Å². The zero-order valence-corrected chi connectivity index (χ0v) is 22.6. The van der Waals surface area contributed by atoms with Crippen molar-refractivity contribution in [2.45, 2.75) is 56.8 Å². The molecule has 6 rings (SSSR count). The van der Waals surface area contributed by atoms with Crippen LogP contribution in [0.2, 0.25) is 5.02 Å². The van der Waals surface area contributed by atoms with Crippen LogP contribution in [-0.4, -0.2) is 51.2 Å². The zero-order chi connectivity index (χ0) is 29.1. The maximum Gasteiger partial charge on any atom is 0.410 e. The van der Waals surface area contributed by atoms with Gasteiger partial charge in [0, 0.05) is 22.7 Å². The van der Waals surface area contributed by atoms with Gasteiger partial charge >= 0.3 is 18.2 Å². The van der Waals surface area contributed by atoms with E-state index in [0.29, 0.717) is 30.2 Å². The third-order valence-electron chi connectivity index (χ3n) is 8.24. The average Bonchev–Trinajstić information content (AvgIpc) is 3.85. The van der Waals surface area contributed by atoms with Gasteiger partial charge in [-0.05, 0) is 73.4 Å². The summed E-state index contributed by atoms with van der Waals surface area (Å²) >= 11 is 6.49. The number of benzene rings is 2. The van der Waals surface area contributed by atoms with Gasteiger partial charge in [0.25, 0.3) is 0 Å². The van der Waals surface area contributed by atoms with Crippen molar-refractivity contribution < 1.29 is 37.0 Å². The third-order valence-corrected chi connectivity index (χ3v) is 8.60.